The molecule has 0 unspecified atom stereocenters. The summed E-state index contributed by atoms with van der Waals surface area (Å²) in [5, 5.41) is 0. The SMILES string of the molecule is CC1(C)[C@H]2CC[C@]1(C)[C@@H](OCC[N+](C)(C)CC(=O)OCc1ccccc1)C2. The van der Waals surface area contributed by atoms with Crippen molar-refractivity contribution in [1.29, 1.82) is 0 Å². The number of fused-ring (bicyclic) bond motifs is 2. The molecule has 0 radical (unpaired) electrons. The Hall–Kier alpha value is -1.39. The lowest BCUT2D eigenvalue weighted by atomic mass is 9.70. The van der Waals surface area contributed by atoms with Crippen molar-refractivity contribution in [1.82, 2.24) is 0 Å². The van der Waals surface area contributed by atoms with Crippen LogP contribution in [-0.4, -0.2) is 50.3 Å². The Labute approximate surface area is 164 Å². The van der Waals surface area contributed by atoms with E-state index in [0.717, 1.165) is 18.0 Å². The minimum atomic E-state index is -0.156. The van der Waals surface area contributed by atoms with Crippen molar-refractivity contribution in [2.24, 2.45) is 16.7 Å². The minimum absolute atomic E-state index is 0.156. The fraction of sp³-hybridized carbons (Fsp3) is 0.696. The lowest BCUT2D eigenvalue weighted by molar-refractivity contribution is -0.883. The minimum Gasteiger partial charge on any atom is -0.457 e. The molecule has 0 spiro atoms. The maximum absolute atomic E-state index is 12.2. The van der Waals surface area contributed by atoms with E-state index >= 15 is 0 Å². The molecule has 2 aliphatic carbocycles. The zero-order valence-corrected chi connectivity index (χ0v) is 17.7. The van der Waals surface area contributed by atoms with E-state index < -0.39 is 0 Å². The lowest BCUT2D eigenvalue weighted by Gasteiger charge is -2.39. The largest absolute Gasteiger partial charge is 0.457 e. The van der Waals surface area contributed by atoms with Crippen molar-refractivity contribution in [2.75, 3.05) is 33.8 Å². The zero-order valence-electron chi connectivity index (χ0n) is 17.7. The first-order chi connectivity index (χ1) is 12.6. The maximum atomic E-state index is 12.2. The van der Waals surface area contributed by atoms with E-state index in [4.69, 9.17) is 9.47 Å². The molecule has 3 atom stereocenters. The molecule has 0 N–H and O–H groups in total. The average molecular weight is 375 g/mol. The van der Waals surface area contributed by atoms with Gasteiger partial charge < -0.3 is 14.0 Å². The molecule has 0 aliphatic heterocycles. The summed E-state index contributed by atoms with van der Waals surface area (Å²) in [5.41, 5.74) is 1.69. The molecule has 0 heterocycles. The Morgan fingerprint density at radius 2 is 1.89 bits per heavy atom. The Kier molecular flexibility index (Phi) is 5.69. The highest BCUT2D eigenvalue weighted by Gasteiger charge is 2.61. The number of esters is 1. The predicted molar refractivity (Wildman–Crippen MR) is 107 cm³/mol. The third kappa shape index (κ3) is 4.22. The first-order valence-corrected chi connectivity index (χ1v) is 10.3. The van der Waals surface area contributed by atoms with Crippen molar-refractivity contribution < 1.29 is 18.8 Å². The van der Waals surface area contributed by atoms with Crippen LogP contribution in [0.25, 0.3) is 0 Å². The molecule has 150 valence electrons. The van der Waals surface area contributed by atoms with Gasteiger partial charge in [0.2, 0.25) is 0 Å². The van der Waals surface area contributed by atoms with Crippen LogP contribution in [-0.2, 0) is 20.9 Å². The van der Waals surface area contributed by atoms with Gasteiger partial charge in [0, 0.05) is 0 Å². The molecule has 0 saturated heterocycles. The highest BCUT2D eigenvalue weighted by molar-refractivity contribution is 5.70. The second-order valence-electron chi connectivity index (χ2n) is 9.93. The second-order valence-corrected chi connectivity index (χ2v) is 9.93. The highest BCUT2D eigenvalue weighted by Crippen LogP contribution is 2.66. The number of carbonyl (C=O) groups is 1. The van der Waals surface area contributed by atoms with Gasteiger partial charge >= 0.3 is 5.97 Å². The summed E-state index contributed by atoms with van der Waals surface area (Å²) in [6.45, 7) is 9.46. The summed E-state index contributed by atoms with van der Waals surface area (Å²) in [4.78, 5) is 12.2. The molecule has 2 bridgehead atoms. The van der Waals surface area contributed by atoms with Gasteiger partial charge in [-0.2, -0.15) is 0 Å². The Bertz CT molecular complexity index is 655. The first-order valence-electron chi connectivity index (χ1n) is 10.3. The molecule has 2 aliphatic rings. The van der Waals surface area contributed by atoms with Crippen LogP contribution in [0, 0.1) is 16.7 Å². The fourth-order valence-corrected chi connectivity index (χ4v) is 5.04. The van der Waals surface area contributed by atoms with E-state index in [9.17, 15) is 4.79 Å². The molecular formula is C23H36NO3+. The number of quaternary nitrogens is 1. The van der Waals surface area contributed by atoms with E-state index in [1.165, 1.54) is 19.3 Å². The monoisotopic (exact) mass is 374 g/mol. The van der Waals surface area contributed by atoms with Gasteiger partial charge in [-0.3, -0.25) is 0 Å². The van der Waals surface area contributed by atoms with E-state index in [-0.39, 0.29) is 5.97 Å². The van der Waals surface area contributed by atoms with Gasteiger partial charge in [-0.05, 0) is 41.6 Å². The van der Waals surface area contributed by atoms with Crippen LogP contribution in [0.1, 0.15) is 45.6 Å². The normalized spacial score (nSPS) is 29.1. The molecule has 1 aromatic rings. The molecule has 0 amide bonds. The van der Waals surface area contributed by atoms with Crippen molar-refractivity contribution >= 4 is 5.97 Å². The smallest absolute Gasteiger partial charge is 0.362 e. The predicted octanol–water partition coefficient (Wildman–Crippen LogP) is 4.04. The number of carbonyl (C=O) groups excluding carboxylic acids is 1. The van der Waals surface area contributed by atoms with Gasteiger partial charge in [-0.1, -0.05) is 51.1 Å². The molecule has 27 heavy (non-hydrogen) atoms. The van der Waals surface area contributed by atoms with E-state index in [2.05, 4.69) is 34.9 Å². The Morgan fingerprint density at radius 1 is 1.19 bits per heavy atom. The topological polar surface area (TPSA) is 35.5 Å². The lowest BCUT2D eigenvalue weighted by Crippen LogP contribution is -2.47. The molecule has 2 fully saturated rings. The molecule has 4 heteroatoms. The van der Waals surface area contributed by atoms with Crippen LogP contribution in [0.2, 0.25) is 0 Å². The summed E-state index contributed by atoms with van der Waals surface area (Å²) in [7, 11) is 4.14. The summed E-state index contributed by atoms with van der Waals surface area (Å²) in [6, 6.07) is 9.82. The van der Waals surface area contributed by atoms with Crippen LogP contribution in [0.4, 0.5) is 0 Å². The zero-order chi connectivity index (χ0) is 19.7. The van der Waals surface area contributed by atoms with Crippen molar-refractivity contribution in [2.45, 2.75) is 52.7 Å². The third-order valence-electron chi connectivity index (χ3n) is 7.53. The highest BCUT2D eigenvalue weighted by atomic mass is 16.5. The molecule has 2 saturated carbocycles. The Morgan fingerprint density at radius 3 is 2.48 bits per heavy atom. The van der Waals surface area contributed by atoms with Crippen molar-refractivity contribution in [3.05, 3.63) is 35.9 Å². The van der Waals surface area contributed by atoms with E-state index in [1.54, 1.807) is 0 Å². The fourth-order valence-electron chi connectivity index (χ4n) is 5.04. The number of hydrogen-bond acceptors (Lipinski definition) is 3. The molecular weight excluding hydrogens is 338 g/mol. The van der Waals surface area contributed by atoms with Gasteiger partial charge in [0.05, 0.1) is 26.8 Å². The van der Waals surface area contributed by atoms with E-state index in [0.29, 0.717) is 41.2 Å². The standard InChI is InChI=1S/C23H36NO3/c1-22(2)19-11-12-23(22,3)20(15-19)26-14-13-24(4,5)16-21(25)27-17-18-9-7-6-8-10-18/h6-10,19-20H,11-17H2,1-5H3/q+1/t19-,20-,23+/m0/s1. The number of ether oxygens (including phenoxy) is 2. The summed E-state index contributed by atoms with van der Waals surface area (Å²) in [6.07, 6.45) is 4.17. The Balaban J connectivity index is 1.42. The molecule has 4 nitrogen and oxygen atoms in total. The van der Waals surface area contributed by atoms with Gasteiger partial charge in [0.25, 0.3) is 0 Å². The maximum Gasteiger partial charge on any atom is 0.362 e. The summed E-state index contributed by atoms with van der Waals surface area (Å²) in [5.74, 6) is 0.639. The average Bonchev–Trinajstić information content (AvgIpc) is 2.94. The molecule has 3 rings (SSSR count). The molecule has 0 aromatic heterocycles. The van der Waals surface area contributed by atoms with Crippen LogP contribution in [0.3, 0.4) is 0 Å². The number of likely N-dealkylation sites (N-methyl/N-ethyl adjacent to an activating group) is 1. The number of rotatable bonds is 8. The summed E-state index contributed by atoms with van der Waals surface area (Å²) < 4.78 is 12.4. The van der Waals surface area contributed by atoms with Crippen LogP contribution < -0.4 is 0 Å². The first kappa shape index (κ1) is 20.3. The quantitative estimate of drug-likeness (QED) is 0.509. The number of benzene rings is 1. The van der Waals surface area contributed by atoms with Crippen LogP contribution >= 0.6 is 0 Å². The number of nitrogens with zero attached hydrogens (tertiary/aromatic N) is 1. The van der Waals surface area contributed by atoms with Crippen LogP contribution in [0.15, 0.2) is 30.3 Å². The number of hydrogen-bond donors (Lipinski definition) is 0. The van der Waals surface area contributed by atoms with Crippen molar-refractivity contribution in [3.8, 4) is 0 Å². The summed E-state index contributed by atoms with van der Waals surface area (Å²) >= 11 is 0. The van der Waals surface area contributed by atoms with Crippen molar-refractivity contribution in [3.63, 3.8) is 0 Å². The van der Waals surface area contributed by atoms with Gasteiger partial charge in [0.1, 0.15) is 13.2 Å². The van der Waals surface area contributed by atoms with Gasteiger partial charge in [0.15, 0.2) is 6.54 Å². The molecule has 1 aromatic carbocycles. The van der Waals surface area contributed by atoms with E-state index in [1.807, 2.05) is 30.3 Å². The van der Waals surface area contributed by atoms with Gasteiger partial charge in [-0.15, -0.1) is 0 Å². The van der Waals surface area contributed by atoms with Gasteiger partial charge in [-0.25, -0.2) is 4.79 Å². The van der Waals surface area contributed by atoms with Crippen LogP contribution in [0.5, 0.6) is 0 Å². The third-order valence-corrected chi connectivity index (χ3v) is 7.53. The second kappa shape index (κ2) is 7.56.